The van der Waals surface area contributed by atoms with Gasteiger partial charge in [-0.1, -0.05) is 81.3 Å². The van der Waals surface area contributed by atoms with Gasteiger partial charge in [-0.2, -0.15) is 56.6 Å². The zero-order chi connectivity index (χ0) is 18.2. The van der Waals surface area contributed by atoms with E-state index in [-0.39, 0.29) is 35.6 Å². The van der Waals surface area contributed by atoms with Crippen molar-refractivity contribution in [2.75, 3.05) is 0 Å². The molecule has 0 bridgehead atoms. The Kier molecular flexibility index (Phi) is 21.5. The summed E-state index contributed by atoms with van der Waals surface area (Å²) in [7, 11) is 0.815. The van der Waals surface area contributed by atoms with E-state index in [1.54, 1.807) is 0 Å². The molecule has 0 saturated carbocycles. The first kappa shape index (κ1) is 33.3. The molecule has 26 heavy (non-hydrogen) atoms. The summed E-state index contributed by atoms with van der Waals surface area (Å²) in [5.41, 5.74) is 11.5. The van der Waals surface area contributed by atoms with Crippen LogP contribution in [0.15, 0.2) is 12.1 Å². The molecule has 2 aromatic rings. The van der Waals surface area contributed by atoms with Crippen molar-refractivity contribution in [1.82, 2.24) is 0 Å². The molecular weight excluding hydrogens is 422 g/mol. The molecule has 0 aliphatic rings. The van der Waals surface area contributed by atoms with E-state index in [0.717, 1.165) is 9.52 Å². The van der Waals surface area contributed by atoms with Gasteiger partial charge < -0.3 is 9.41 Å². The van der Waals surface area contributed by atoms with Gasteiger partial charge >= 0.3 is 26.2 Å². The van der Waals surface area contributed by atoms with Crippen molar-refractivity contribution < 1.29 is 35.6 Å². The van der Waals surface area contributed by atoms with Gasteiger partial charge in [0.1, 0.15) is 0 Å². The van der Waals surface area contributed by atoms with Crippen LogP contribution in [0.2, 0.25) is 12.1 Å². The molecule has 0 nitrogen and oxygen atoms in total. The van der Waals surface area contributed by atoms with E-state index in [9.17, 15) is 0 Å². The van der Waals surface area contributed by atoms with Crippen molar-refractivity contribution in [2.24, 2.45) is 0 Å². The second-order valence-corrected chi connectivity index (χ2v) is 8.84. The van der Waals surface area contributed by atoms with Crippen LogP contribution in [0.3, 0.4) is 0 Å². The first-order valence-corrected chi connectivity index (χ1v) is 10.5. The van der Waals surface area contributed by atoms with Crippen molar-refractivity contribution in [2.45, 2.75) is 81.3 Å². The molecule has 0 amide bonds. The number of hydrogen-bond donors (Lipinski definition) is 0. The number of aryl methyl sites for hydroxylation is 4. The Morgan fingerprint density at radius 3 is 1.00 bits per heavy atom. The predicted molar refractivity (Wildman–Crippen MR) is 110 cm³/mol. The molecule has 147 valence electrons. The fraction of sp³-hybridized carbons (Fsp3) is 0.545. The normalized spacial score (nSPS) is 8.69. The zero-order valence-electron chi connectivity index (χ0n) is 18.4. The molecule has 0 saturated heterocycles. The summed E-state index contributed by atoms with van der Waals surface area (Å²) in [4.78, 5) is 0. The molecule has 0 unspecified atom stereocenters. The second kappa shape index (κ2) is 16.8. The summed E-state index contributed by atoms with van der Waals surface area (Å²) < 4.78 is 0. The fourth-order valence-corrected chi connectivity index (χ4v) is 3.13. The van der Waals surface area contributed by atoms with Crippen LogP contribution in [0.25, 0.3) is 0 Å². The molecule has 0 spiro atoms. The quantitative estimate of drug-likeness (QED) is 0.456. The molecule has 0 aliphatic heterocycles. The Balaban J connectivity index is -0.000000137. The maximum atomic E-state index is 2.25. The third-order valence-corrected chi connectivity index (χ3v) is 6.09. The summed E-state index contributed by atoms with van der Waals surface area (Å²) in [5, 5.41) is 0. The smallest absolute Gasteiger partial charge is 1.00 e. The first-order chi connectivity index (χ1) is 10.7. The van der Waals surface area contributed by atoms with Gasteiger partial charge in [0.25, 0.3) is 0 Å². The van der Waals surface area contributed by atoms with E-state index in [1.807, 2.05) is 0 Å². The molecule has 0 atom stereocenters. The molecule has 1 radical (unpaired) electrons. The summed E-state index contributed by atoms with van der Waals surface area (Å²) in [6, 6.07) is 7.34. The minimum absolute atomic E-state index is 0. The van der Waals surface area contributed by atoms with Gasteiger partial charge in [0.15, 0.2) is 0 Å². The maximum Gasteiger partial charge on any atom is 4.00 e. The van der Waals surface area contributed by atoms with Crippen molar-refractivity contribution in [3.63, 3.8) is 0 Å². The van der Waals surface area contributed by atoms with Crippen molar-refractivity contribution >= 4 is 9.52 Å². The Morgan fingerprint density at radius 1 is 0.692 bits per heavy atom. The topological polar surface area (TPSA) is 0 Å². The van der Waals surface area contributed by atoms with Crippen molar-refractivity contribution in [3.05, 3.63) is 56.6 Å². The van der Waals surface area contributed by atoms with Gasteiger partial charge in [-0.15, -0.1) is 0 Å². The van der Waals surface area contributed by atoms with Crippen LogP contribution >= 0.6 is 0 Å². The zero-order valence-corrected chi connectivity index (χ0v) is 22.0. The minimum Gasteiger partial charge on any atom is -1.00 e. The van der Waals surface area contributed by atoms with Gasteiger partial charge in [-0.05, 0) is 0 Å². The van der Waals surface area contributed by atoms with Crippen LogP contribution in [-0.2, 0) is 26.2 Å². The van der Waals surface area contributed by atoms with Crippen molar-refractivity contribution in [1.29, 1.82) is 0 Å². The molecule has 0 aromatic heterocycles. The molecule has 0 N–H and O–H groups in total. The maximum absolute atomic E-state index is 2.25. The van der Waals surface area contributed by atoms with Crippen LogP contribution in [0.5, 0.6) is 0 Å². The molecule has 0 aliphatic carbocycles. The minimum atomic E-state index is 0. The van der Waals surface area contributed by atoms with Gasteiger partial charge in [0.05, 0.1) is 0 Å². The molecular formula is C22H37F2SiZr. The summed E-state index contributed by atoms with van der Waals surface area (Å²) in [5.74, 6) is 0. The number of rotatable bonds is 2. The van der Waals surface area contributed by atoms with Gasteiger partial charge in [-0.3, -0.25) is 0 Å². The van der Waals surface area contributed by atoms with Crippen LogP contribution in [0, 0.1) is 55.4 Å². The Hall–Kier alpha value is -0.340. The van der Waals surface area contributed by atoms with Crippen molar-refractivity contribution in [3.8, 4) is 0 Å². The number of hydrogen-bond acceptors (Lipinski definition) is 0. The largest absolute Gasteiger partial charge is 4.00 e. The molecule has 2 aromatic carbocycles. The average molecular weight is 459 g/mol. The third-order valence-electron chi connectivity index (χ3n) is 4.93. The Bertz CT molecular complexity index is 501. The van der Waals surface area contributed by atoms with E-state index in [0.29, 0.717) is 0 Å². The SMILES string of the molecule is CC[SiH]CC.Cc1c[c-](C)c(C)c1C.Cc1c[c-](C)c(C)c1C.[F-].[F-].[Zr+4]. The Labute approximate surface area is 182 Å². The van der Waals surface area contributed by atoms with E-state index in [1.165, 1.54) is 56.6 Å². The summed E-state index contributed by atoms with van der Waals surface area (Å²) >= 11 is 0. The van der Waals surface area contributed by atoms with Gasteiger partial charge in [0, 0.05) is 9.52 Å². The summed E-state index contributed by atoms with van der Waals surface area (Å²) in [6.45, 7) is 21.9. The van der Waals surface area contributed by atoms with Gasteiger partial charge in [-0.25, -0.2) is 0 Å². The Morgan fingerprint density at radius 2 is 0.962 bits per heavy atom. The summed E-state index contributed by atoms with van der Waals surface area (Å²) in [6.07, 6.45) is 0. The molecule has 4 heteroatoms. The predicted octanol–water partition coefficient (Wildman–Crippen LogP) is 0.583. The van der Waals surface area contributed by atoms with E-state index < -0.39 is 0 Å². The standard InChI is InChI=1S/2C9H13.C4H11Si.2FH.Zr/c2*1-6-5-7(2)9(4)8(6)3;1-3-5-4-2;;;/h2*5H,1-4H3;5H,3-4H2,1-2H3;2*1H;/q2*-1;;;;+4/p-2. The first-order valence-electron chi connectivity index (χ1n) is 8.89. The fourth-order valence-electron chi connectivity index (χ4n) is 2.55. The second-order valence-electron chi connectivity index (χ2n) is 6.63. The number of halogens is 2. The molecule has 2 rings (SSSR count). The van der Waals surface area contributed by atoms with E-state index in [4.69, 9.17) is 0 Å². The van der Waals surface area contributed by atoms with E-state index >= 15 is 0 Å². The van der Waals surface area contributed by atoms with Crippen LogP contribution < -0.4 is 9.41 Å². The monoisotopic (exact) mass is 457 g/mol. The van der Waals surface area contributed by atoms with Gasteiger partial charge in [0.2, 0.25) is 0 Å². The van der Waals surface area contributed by atoms with Crippen LogP contribution in [0.4, 0.5) is 0 Å². The molecule has 0 heterocycles. The molecule has 0 fully saturated rings. The average Bonchev–Trinajstić information content (AvgIpc) is 2.86. The van der Waals surface area contributed by atoms with E-state index in [2.05, 4.69) is 81.4 Å². The third kappa shape index (κ3) is 10.7. The van der Waals surface area contributed by atoms with Crippen LogP contribution in [-0.4, -0.2) is 9.52 Å². The van der Waals surface area contributed by atoms with Crippen LogP contribution in [0.1, 0.15) is 58.4 Å².